The lowest BCUT2D eigenvalue weighted by Crippen LogP contribution is -2.32. The number of carboxylic acid groups (broad SMARTS) is 1. The molecule has 0 aromatic heterocycles. The molecule has 3 N–H and O–H groups in total. The summed E-state index contributed by atoms with van der Waals surface area (Å²) < 4.78 is 0. The Labute approximate surface area is 193 Å². The van der Waals surface area contributed by atoms with Gasteiger partial charge in [0.1, 0.15) is 0 Å². The minimum absolute atomic E-state index is 0.0505. The van der Waals surface area contributed by atoms with E-state index in [-0.39, 0.29) is 17.9 Å². The number of hydrogen-bond acceptors (Lipinski definition) is 3. The first-order valence-electron chi connectivity index (χ1n) is 10.6. The van der Waals surface area contributed by atoms with Crippen molar-refractivity contribution in [3.05, 3.63) is 63.1 Å². The van der Waals surface area contributed by atoms with Gasteiger partial charge in [-0.2, -0.15) is 0 Å². The van der Waals surface area contributed by atoms with Crippen molar-refractivity contribution in [3.63, 3.8) is 0 Å². The van der Waals surface area contributed by atoms with E-state index in [9.17, 15) is 9.59 Å². The van der Waals surface area contributed by atoms with Crippen molar-refractivity contribution in [3.8, 4) is 0 Å². The van der Waals surface area contributed by atoms with Crippen LogP contribution in [0.25, 0.3) is 0 Å². The molecule has 0 saturated heterocycles. The van der Waals surface area contributed by atoms with E-state index in [1.54, 1.807) is 18.2 Å². The summed E-state index contributed by atoms with van der Waals surface area (Å²) in [6.45, 7) is 4.55. The highest BCUT2D eigenvalue weighted by molar-refractivity contribution is 6.33. The summed E-state index contributed by atoms with van der Waals surface area (Å²) in [5.41, 5.74) is 3.40. The Kier molecular flexibility index (Phi) is 7.84. The highest BCUT2D eigenvalue weighted by Crippen LogP contribution is 2.30. The smallest absolute Gasteiger partial charge is 0.306 e. The third-order valence-corrected chi connectivity index (χ3v) is 6.61. The molecular formula is C24H28Cl2N2O3. The van der Waals surface area contributed by atoms with Gasteiger partial charge in [-0.3, -0.25) is 9.59 Å². The first-order valence-corrected chi connectivity index (χ1v) is 11.3. The minimum atomic E-state index is -0.710. The zero-order chi connectivity index (χ0) is 22.5. The number of rotatable bonds is 7. The van der Waals surface area contributed by atoms with Crippen LogP contribution in [0.3, 0.4) is 0 Å². The predicted octanol–water partition coefficient (Wildman–Crippen LogP) is 6.10. The van der Waals surface area contributed by atoms with Crippen LogP contribution >= 0.6 is 23.2 Å². The SMILES string of the molecule is Cc1cc(C(=O)NCC2CCC(C(=O)O)CC2)ccc1NC(C)c1cc(Cl)ccc1Cl. The number of carbonyl (C=O) groups excluding carboxylic acids is 1. The zero-order valence-electron chi connectivity index (χ0n) is 17.8. The molecule has 0 bridgehead atoms. The van der Waals surface area contributed by atoms with Gasteiger partial charge in [0.2, 0.25) is 0 Å². The van der Waals surface area contributed by atoms with Gasteiger partial charge >= 0.3 is 5.97 Å². The molecule has 1 atom stereocenters. The fourth-order valence-electron chi connectivity index (χ4n) is 4.08. The van der Waals surface area contributed by atoms with E-state index in [2.05, 4.69) is 10.6 Å². The van der Waals surface area contributed by atoms with E-state index in [4.69, 9.17) is 28.3 Å². The molecule has 2 aromatic rings. The summed E-state index contributed by atoms with van der Waals surface area (Å²) >= 11 is 12.4. The molecule has 1 aliphatic rings. The van der Waals surface area contributed by atoms with E-state index >= 15 is 0 Å². The van der Waals surface area contributed by atoms with Crippen LogP contribution in [-0.2, 0) is 4.79 Å². The van der Waals surface area contributed by atoms with Crippen molar-refractivity contribution >= 4 is 40.8 Å². The summed E-state index contributed by atoms with van der Waals surface area (Å²) in [6, 6.07) is 10.9. The third kappa shape index (κ3) is 6.14. The second kappa shape index (κ2) is 10.4. The first-order chi connectivity index (χ1) is 14.7. The summed E-state index contributed by atoms with van der Waals surface area (Å²) in [4.78, 5) is 23.7. The van der Waals surface area contributed by atoms with Crippen LogP contribution < -0.4 is 10.6 Å². The number of aliphatic carboxylic acids is 1. The van der Waals surface area contributed by atoms with Gasteiger partial charge in [-0.05, 0) is 93.0 Å². The predicted molar refractivity (Wildman–Crippen MR) is 125 cm³/mol. The van der Waals surface area contributed by atoms with Crippen molar-refractivity contribution in [2.24, 2.45) is 11.8 Å². The number of aryl methyl sites for hydroxylation is 1. The molecule has 7 heteroatoms. The number of nitrogens with one attached hydrogen (secondary N) is 2. The number of halogens is 2. The Balaban J connectivity index is 1.57. The lowest BCUT2D eigenvalue weighted by Gasteiger charge is -2.26. The van der Waals surface area contributed by atoms with Gasteiger partial charge in [-0.15, -0.1) is 0 Å². The van der Waals surface area contributed by atoms with Gasteiger partial charge in [0, 0.05) is 27.8 Å². The molecule has 0 heterocycles. The zero-order valence-corrected chi connectivity index (χ0v) is 19.3. The Hall–Kier alpha value is -2.24. The largest absolute Gasteiger partial charge is 0.481 e. The summed E-state index contributed by atoms with van der Waals surface area (Å²) in [6.07, 6.45) is 3.04. The minimum Gasteiger partial charge on any atom is -0.481 e. The molecule has 3 rings (SSSR count). The van der Waals surface area contributed by atoms with Crippen molar-refractivity contribution in [1.82, 2.24) is 5.32 Å². The Morgan fingerprint density at radius 2 is 1.81 bits per heavy atom. The fourth-order valence-corrected chi connectivity index (χ4v) is 4.54. The standard InChI is InChI=1S/C24H28Cl2N2O3/c1-14-11-18(23(29)27-13-16-3-5-17(6-4-16)24(30)31)7-10-22(14)28-15(2)20-12-19(25)8-9-21(20)26/h7-12,15-17,28H,3-6,13H2,1-2H3,(H,27,29)(H,30,31). The molecule has 31 heavy (non-hydrogen) atoms. The van der Waals surface area contributed by atoms with Crippen molar-refractivity contribution in [2.75, 3.05) is 11.9 Å². The van der Waals surface area contributed by atoms with Gasteiger partial charge in [-0.1, -0.05) is 23.2 Å². The number of carbonyl (C=O) groups is 2. The molecule has 5 nitrogen and oxygen atoms in total. The third-order valence-electron chi connectivity index (χ3n) is 6.03. The average molecular weight is 463 g/mol. The highest BCUT2D eigenvalue weighted by atomic mass is 35.5. The Bertz CT molecular complexity index is 956. The van der Waals surface area contributed by atoms with Crippen molar-refractivity contribution < 1.29 is 14.7 Å². The quantitative estimate of drug-likeness (QED) is 0.464. The maximum atomic E-state index is 12.6. The normalized spacial score (nSPS) is 19.5. The van der Waals surface area contributed by atoms with Crippen LogP contribution in [0, 0.1) is 18.8 Å². The molecule has 1 saturated carbocycles. The fraction of sp³-hybridized carbons (Fsp3) is 0.417. The molecule has 1 amide bonds. The number of benzene rings is 2. The molecular weight excluding hydrogens is 435 g/mol. The molecule has 0 radical (unpaired) electrons. The maximum Gasteiger partial charge on any atom is 0.306 e. The van der Waals surface area contributed by atoms with Crippen molar-refractivity contribution in [2.45, 2.75) is 45.6 Å². The molecule has 0 aliphatic heterocycles. The lowest BCUT2D eigenvalue weighted by molar-refractivity contribution is -0.143. The van der Waals surface area contributed by atoms with Crippen molar-refractivity contribution in [1.29, 1.82) is 0 Å². The number of carboxylic acids is 1. The second-order valence-corrected chi connectivity index (χ2v) is 9.17. The van der Waals surface area contributed by atoms with Crippen LogP contribution in [0.4, 0.5) is 5.69 Å². The molecule has 0 spiro atoms. The van der Waals surface area contributed by atoms with Gasteiger partial charge in [0.15, 0.2) is 0 Å². The number of hydrogen-bond donors (Lipinski definition) is 3. The lowest BCUT2D eigenvalue weighted by atomic mass is 9.82. The van der Waals surface area contributed by atoms with Crippen LogP contribution in [0.1, 0.15) is 60.1 Å². The molecule has 1 fully saturated rings. The second-order valence-electron chi connectivity index (χ2n) is 8.33. The Morgan fingerprint density at radius 3 is 2.45 bits per heavy atom. The van der Waals surface area contributed by atoms with Gasteiger partial charge in [0.25, 0.3) is 5.91 Å². The number of amides is 1. The summed E-state index contributed by atoms with van der Waals surface area (Å²) in [5.74, 6) is -0.719. The average Bonchev–Trinajstić information content (AvgIpc) is 2.75. The maximum absolute atomic E-state index is 12.6. The van der Waals surface area contributed by atoms with E-state index < -0.39 is 5.97 Å². The molecule has 2 aromatic carbocycles. The van der Waals surface area contributed by atoms with Gasteiger partial charge in [-0.25, -0.2) is 0 Å². The van der Waals surface area contributed by atoms with Gasteiger partial charge in [0.05, 0.1) is 12.0 Å². The van der Waals surface area contributed by atoms with E-state index in [0.29, 0.717) is 40.9 Å². The first kappa shape index (κ1) is 23.4. The van der Waals surface area contributed by atoms with E-state index in [0.717, 1.165) is 29.7 Å². The Morgan fingerprint density at radius 1 is 1.10 bits per heavy atom. The van der Waals surface area contributed by atoms with Crippen LogP contribution in [0.15, 0.2) is 36.4 Å². The van der Waals surface area contributed by atoms with E-state index in [1.807, 2.05) is 32.0 Å². The van der Waals surface area contributed by atoms with Crippen LogP contribution in [-0.4, -0.2) is 23.5 Å². The van der Waals surface area contributed by atoms with Crippen LogP contribution in [0.2, 0.25) is 10.0 Å². The summed E-state index contributed by atoms with van der Waals surface area (Å²) in [7, 11) is 0. The summed E-state index contributed by atoms with van der Waals surface area (Å²) in [5, 5.41) is 16.8. The topological polar surface area (TPSA) is 78.4 Å². The molecule has 1 unspecified atom stereocenters. The van der Waals surface area contributed by atoms with E-state index in [1.165, 1.54) is 0 Å². The molecule has 1 aliphatic carbocycles. The highest BCUT2D eigenvalue weighted by Gasteiger charge is 2.26. The van der Waals surface area contributed by atoms with Crippen LogP contribution in [0.5, 0.6) is 0 Å². The molecule has 166 valence electrons. The number of anilines is 1. The van der Waals surface area contributed by atoms with Gasteiger partial charge < -0.3 is 15.7 Å². The monoisotopic (exact) mass is 462 g/mol.